The van der Waals surface area contributed by atoms with E-state index in [0.717, 1.165) is 61.1 Å². The molecule has 0 saturated heterocycles. The van der Waals surface area contributed by atoms with Crippen LogP contribution in [0.15, 0.2) is 146 Å². The molecule has 0 fully saturated rings. The maximum Gasteiger partial charge on any atom is 0.0978 e. The molecule has 4 heteroatoms. The predicted molar refractivity (Wildman–Crippen MR) is 192 cm³/mol. The fourth-order valence-corrected chi connectivity index (χ4v) is 7.32. The van der Waals surface area contributed by atoms with Gasteiger partial charge in [-0.1, -0.05) is 91.0 Å². The summed E-state index contributed by atoms with van der Waals surface area (Å²) < 4.78 is 0. The highest BCUT2D eigenvalue weighted by Gasteiger charge is 2.21. The van der Waals surface area contributed by atoms with Crippen LogP contribution in [0, 0.1) is 0 Å². The van der Waals surface area contributed by atoms with Crippen molar-refractivity contribution in [2.45, 2.75) is 6.42 Å². The van der Waals surface area contributed by atoms with Gasteiger partial charge in [0, 0.05) is 51.8 Å². The summed E-state index contributed by atoms with van der Waals surface area (Å²) in [5.41, 5.74) is 12.8. The van der Waals surface area contributed by atoms with Gasteiger partial charge < -0.3 is 0 Å². The number of aromatic nitrogens is 4. The quantitative estimate of drug-likeness (QED) is 0.186. The standard InChI is InChI=1S/C43H26N4/c1-2-8-31-30(7-1)34-11-5-21-44-40(34)25-41-35(31)17-19-38(46-41)28-15-13-27-24-29(16-14-26(27)23-28)39-20-18-37-33-10-4-3-9-32(33)36-12-6-22-45-42(36)43(37)47-39/h1-24H,25H2. The molecule has 0 unspecified atom stereocenters. The normalized spacial score (nSPS) is 12.2. The van der Waals surface area contributed by atoms with Crippen LogP contribution in [-0.4, -0.2) is 19.9 Å². The molecule has 0 bridgehead atoms. The third kappa shape index (κ3) is 4.08. The zero-order valence-corrected chi connectivity index (χ0v) is 25.4. The minimum absolute atomic E-state index is 0.699. The molecule has 4 nitrogen and oxygen atoms in total. The lowest BCUT2D eigenvalue weighted by molar-refractivity contribution is 1.03. The Kier molecular flexibility index (Phi) is 5.60. The molecule has 0 radical (unpaired) electrons. The SMILES string of the molecule is c1ccc2c(c1)-c1cccnc1Cc1nc(-c3ccc4cc(-c5ccc6c7ccccc7c7cccnc7c6n5)ccc4c3)ccc1-2. The first-order chi connectivity index (χ1) is 23.3. The fraction of sp³-hybridized carbons (Fsp3) is 0.0233. The van der Waals surface area contributed by atoms with Crippen LogP contribution in [0.4, 0.5) is 0 Å². The van der Waals surface area contributed by atoms with E-state index in [1.165, 1.54) is 38.4 Å². The molecular formula is C43H26N4. The molecule has 0 N–H and O–H groups in total. The maximum atomic E-state index is 5.23. The van der Waals surface area contributed by atoms with Crippen molar-refractivity contribution < 1.29 is 0 Å². The summed E-state index contributed by atoms with van der Waals surface area (Å²) in [4.78, 5) is 19.9. The minimum Gasteiger partial charge on any atom is -0.260 e. The Morgan fingerprint density at radius 2 is 0.957 bits per heavy atom. The van der Waals surface area contributed by atoms with E-state index in [1.807, 2.05) is 24.5 Å². The van der Waals surface area contributed by atoms with Gasteiger partial charge in [0.2, 0.25) is 0 Å². The van der Waals surface area contributed by atoms with Crippen LogP contribution in [0.2, 0.25) is 0 Å². The second-order valence-corrected chi connectivity index (χ2v) is 12.2. The smallest absolute Gasteiger partial charge is 0.0978 e. The molecule has 0 saturated carbocycles. The molecule has 0 aliphatic heterocycles. The average molecular weight is 599 g/mol. The predicted octanol–water partition coefficient (Wildman–Crippen LogP) is 10.5. The van der Waals surface area contributed by atoms with Gasteiger partial charge in [0.15, 0.2) is 0 Å². The highest BCUT2D eigenvalue weighted by molar-refractivity contribution is 6.23. The number of benzene rings is 5. The van der Waals surface area contributed by atoms with E-state index in [4.69, 9.17) is 19.9 Å². The summed E-state index contributed by atoms with van der Waals surface area (Å²) in [6.07, 6.45) is 4.43. The number of nitrogens with zero attached hydrogens (tertiary/aromatic N) is 4. The van der Waals surface area contributed by atoms with Crippen molar-refractivity contribution in [1.82, 2.24) is 19.9 Å². The Morgan fingerprint density at radius 1 is 0.383 bits per heavy atom. The largest absolute Gasteiger partial charge is 0.260 e. The van der Waals surface area contributed by atoms with E-state index < -0.39 is 0 Å². The fourth-order valence-electron chi connectivity index (χ4n) is 7.32. The molecule has 4 aromatic heterocycles. The molecule has 47 heavy (non-hydrogen) atoms. The molecule has 1 aliphatic carbocycles. The Hall–Kier alpha value is -6.26. The number of pyridine rings is 4. The Balaban J connectivity index is 1.05. The summed E-state index contributed by atoms with van der Waals surface area (Å²) in [5, 5.41) is 6.98. The minimum atomic E-state index is 0.699. The molecule has 1 aliphatic rings. The van der Waals surface area contributed by atoms with Gasteiger partial charge in [0.25, 0.3) is 0 Å². The number of hydrogen-bond acceptors (Lipinski definition) is 4. The van der Waals surface area contributed by atoms with Gasteiger partial charge in [0.05, 0.1) is 33.8 Å². The zero-order valence-electron chi connectivity index (χ0n) is 25.4. The van der Waals surface area contributed by atoms with E-state index in [9.17, 15) is 0 Å². The monoisotopic (exact) mass is 598 g/mol. The van der Waals surface area contributed by atoms with Crippen LogP contribution >= 0.6 is 0 Å². The highest BCUT2D eigenvalue weighted by atomic mass is 14.8. The summed E-state index contributed by atoms with van der Waals surface area (Å²) in [7, 11) is 0. The van der Waals surface area contributed by atoms with Crippen LogP contribution in [0.1, 0.15) is 11.4 Å². The van der Waals surface area contributed by atoms with Crippen LogP contribution in [0.5, 0.6) is 0 Å². The summed E-state index contributed by atoms with van der Waals surface area (Å²) in [6.45, 7) is 0. The van der Waals surface area contributed by atoms with Gasteiger partial charge in [-0.15, -0.1) is 0 Å². The number of hydrogen-bond donors (Lipinski definition) is 0. The molecule has 10 rings (SSSR count). The van der Waals surface area contributed by atoms with E-state index >= 15 is 0 Å². The molecule has 0 spiro atoms. The first-order valence-electron chi connectivity index (χ1n) is 15.9. The van der Waals surface area contributed by atoms with Crippen molar-refractivity contribution in [3.05, 3.63) is 157 Å². The van der Waals surface area contributed by atoms with E-state index in [1.54, 1.807) is 0 Å². The highest BCUT2D eigenvalue weighted by Crippen LogP contribution is 2.40. The van der Waals surface area contributed by atoms with Gasteiger partial charge in [-0.3, -0.25) is 15.0 Å². The second kappa shape index (κ2) is 10.1. The topological polar surface area (TPSA) is 51.6 Å². The number of rotatable bonds is 2. The first-order valence-corrected chi connectivity index (χ1v) is 15.9. The Morgan fingerprint density at radius 3 is 1.72 bits per heavy atom. The van der Waals surface area contributed by atoms with E-state index in [2.05, 4.69) is 121 Å². The zero-order chi connectivity index (χ0) is 30.9. The third-order valence-corrected chi connectivity index (χ3v) is 9.57. The summed E-state index contributed by atoms with van der Waals surface area (Å²) in [5.74, 6) is 0. The van der Waals surface area contributed by atoms with Crippen molar-refractivity contribution in [3.63, 3.8) is 0 Å². The lowest BCUT2D eigenvalue weighted by Crippen LogP contribution is -1.98. The van der Waals surface area contributed by atoms with Gasteiger partial charge >= 0.3 is 0 Å². The average Bonchev–Trinajstić information content (AvgIpc) is 3.28. The van der Waals surface area contributed by atoms with Crippen LogP contribution in [0.3, 0.4) is 0 Å². The van der Waals surface area contributed by atoms with Gasteiger partial charge in [-0.2, -0.15) is 0 Å². The Labute approximate surface area is 271 Å². The molecule has 5 aromatic carbocycles. The van der Waals surface area contributed by atoms with Gasteiger partial charge in [0.1, 0.15) is 0 Å². The molecule has 9 aromatic rings. The first kappa shape index (κ1) is 26.0. The summed E-state index contributed by atoms with van der Waals surface area (Å²) >= 11 is 0. The maximum absolute atomic E-state index is 5.23. The lowest BCUT2D eigenvalue weighted by atomic mass is 9.96. The van der Waals surface area contributed by atoms with Crippen LogP contribution in [0.25, 0.3) is 88.1 Å². The lowest BCUT2D eigenvalue weighted by Gasteiger charge is -2.12. The van der Waals surface area contributed by atoms with Crippen molar-refractivity contribution in [1.29, 1.82) is 0 Å². The second-order valence-electron chi connectivity index (χ2n) is 12.2. The van der Waals surface area contributed by atoms with E-state index in [0.29, 0.717) is 6.42 Å². The van der Waals surface area contributed by atoms with Crippen molar-refractivity contribution in [3.8, 4) is 44.8 Å². The van der Waals surface area contributed by atoms with Crippen molar-refractivity contribution in [2.75, 3.05) is 0 Å². The summed E-state index contributed by atoms with van der Waals surface area (Å²) in [6, 6.07) is 47.3. The number of fused-ring (bicyclic) bond motifs is 12. The van der Waals surface area contributed by atoms with E-state index in [-0.39, 0.29) is 0 Å². The third-order valence-electron chi connectivity index (χ3n) is 9.57. The van der Waals surface area contributed by atoms with Crippen LogP contribution in [-0.2, 0) is 6.42 Å². The van der Waals surface area contributed by atoms with Crippen molar-refractivity contribution in [2.24, 2.45) is 0 Å². The molecule has 0 amide bonds. The molecule has 218 valence electrons. The van der Waals surface area contributed by atoms with Crippen molar-refractivity contribution >= 4 is 43.4 Å². The van der Waals surface area contributed by atoms with Crippen LogP contribution < -0.4 is 0 Å². The van der Waals surface area contributed by atoms with Gasteiger partial charge in [-0.25, -0.2) is 4.98 Å². The molecule has 4 heterocycles. The molecule has 0 atom stereocenters. The Bertz CT molecular complexity index is 2690. The molecular weight excluding hydrogens is 573 g/mol. The van der Waals surface area contributed by atoms with Gasteiger partial charge in [-0.05, 0) is 75.1 Å².